The first kappa shape index (κ1) is 25.8. The Morgan fingerprint density at radius 1 is 1.25 bits per heavy atom. The Balaban J connectivity index is 1.69. The van der Waals surface area contributed by atoms with Crippen LogP contribution in [0, 0.1) is 17.3 Å². The van der Waals surface area contributed by atoms with Crippen LogP contribution in [0.1, 0.15) is 79.1 Å². The van der Waals surface area contributed by atoms with Crippen molar-refractivity contribution in [3.05, 3.63) is 47.1 Å². The number of aliphatic hydroxyl groups excluding tert-OH is 3. The van der Waals surface area contributed by atoms with Crippen LogP contribution >= 0.6 is 11.8 Å². The van der Waals surface area contributed by atoms with Crippen molar-refractivity contribution in [3.63, 3.8) is 0 Å². The maximum atomic E-state index is 10.6. The Labute approximate surface area is 199 Å². The van der Waals surface area contributed by atoms with Crippen LogP contribution in [0.2, 0.25) is 0 Å². The number of thioether (sulfide) groups is 1. The van der Waals surface area contributed by atoms with Gasteiger partial charge in [-0.1, -0.05) is 69.6 Å². The molecule has 2 saturated carbocycles. The molecule has 3 aliphatic rings. The SMILES string of the molecule is C=C1C(=CC=C2CCC[C@]3(C)C([C@@H](C)SC[C@@H](O)C(CC)CC)=CC[C@@H]23)C[C@@H](O)C[C@@H]1O. The second-order valence-electron chi connectivity index (χ2n) is 10.4. The van der Waals surface area contributed by atoms with Gasteiger partial charge in [-0.25, -0.2) is 0 Å². The van der Waals surface area contributed by atoms with Gasteiger partial charge in [-0.15, -0.1) is 0 Å². The van der Waals surface area contributed by atoms with Crippen LogP contribution < -0.4 is 0 Å². The standard InChI is InChI=1S/C28H44O3S/c1-6-20(7-2)27(31)17-32-19(4)24-12-13-25-21(9-8-14-28(24,25)5)10-11-22-15-23(29)16-26(30)18(22)3/h10-12,19-20,23,25-27,29-31H,3,6-9,13-17H2,1-2,4-5H3/t19-,23-,25+,26+,27-,28-/m1/s1. The molecule has 6 atom stereocenters. The molecule has 0 aromatic heterocycles. The highest BCUT2D eigenvalue weighted by Gasteiger charge is 2.46. The molecule has 0 aliphatic heterocycles. The third-order valence-corrected chi connectivity index (χ3v) is 9.71. The van der Waals surface area contributed by atoms with E-state index in [0.717, 1.165) is 42.6 Å². The topological polar surface area (TPSA) is 60.7 Å². The molecule has 0 amide bonds. The van der Waals surface area contributed by atoms with E-state index in [-0.39, 0.29) is 11.5 Å². The summed E-state index contributed by atoms with van der Waals surface area (Å²) < 4.78 is 0. The molecule has 0 spiro atoms. The summed E-state index contributed by atoms with van der Waals surface area (Å²) in [6.07, 6.45) is 13.2. The first-order chi connectivity index (χ1) is 15.2. The van der Waals surface area contributed by atoms with Crippen molar-refractivity contribution in [2.24, 2.45) is 17.3 Å². The Bertz CT molecular complexity index is 763. The third kappa shape index (κ3) is 5.46. The highest BCUT2D eigenvalue weighted by Crippen LogP contribution is 2.56. The molecule has 4 heteroatoms. The molecule has 3 N–H and O–H groups in total. The Morgan fingerprint density at radius 2 is 1.97 bits per heavy atom. The highest BCUT2D eigenvalue weighted by atomic mass is 32.2. The molecular formula is C28H44O3S. The molecule has 0 bridgehead atoms. The number of fused-ring (bicyclic) bond motifs is 1. The van der Waals surface area contributed by atoms with Gasteiger partial charge in [0, 0.05) is 17.4 Å². The molecular weight excluding hydrogens is 416 g/mol. The van der Waals surface area contributed by atoms with Crippen LogP contribution in [-0.2, 0) is 0 Å². The molecule has 0 aromatic carbocycles. The first-order valence-electron chi connectivity index (χ1n) is 12.7. The van der Waals surface area contributed by atoms with E-state index >= 15 is 0 Å². The normalized spacial score (nSPS) is 35.3. The van der Waals surface area contributed by atoms with Gasteiger partial charge in [-0.3, -0.25) is 0 Å². The molecule has 0 unspecified atom stereocenters. The van der Waals surface area contributed by atoms with Crippen LogP contribution in [0.25, 0.3) is 0 Å². The lowest BCUT2D eigenvalue weighted by Gasteiger charge is -2.42. The van der Waals surface area contributed by atoms with Gasteiger partial charge in [0.05, 0.1) is 18.3 Å². The first-order valence-corrected chi connectivity index (χ1v) is 13.7. The molecule has 2 fully saturated rings. The van der Waals surface area contributed by atoms with Gasteiger partial charge in [-0.05, 0) is 67.4 Å². The third-order valence-electron chi connectivity index (χ3n) is 8.42. The van der Waals surface area contributed by atoms with Crippen molar-refractivity contribution in [2.75, 3.05) is 5.75 Å². The number of rotatable bonds is 8. The molecule has 3 nitrogen and oxygen atoms in total. The zero-order valence-electron chi connectivity index (χ0n) is 20.5. The smallest absolute Gasteiger partial charge is 0.0811 e. The van der Waals surface area contributed by atoms with Gasteiger partial charge >= 0.3 is 0 Å². The Hall–Kier alpha value is -0.810. The lowest BCUT2D eigenvalue weighted by Crippen LogP contribution is -2.33. The summed E-state index contributed by atoms with van der Waals surface area (Å²) in [5, 5.41) is 31.2. The van der Waals surface area contributed by atoms with Crippen LogP contribution in [-0.4, -0.2) is 44.6 Å². The predicted octanol–water partition coefficient (Wildman–Crippen LogP) is 5.97. The van der Waals surface area contributed by atoms with E-state index in [1.165, 1.54) is 18.4 Å². The van der Waals surface area contributed by atoms with Crippen LogP contribution in [0.4, 0.5) is 0 Å². The summed E-state index contributed by atoms with van der Waals surface area (Å²) in [6, 6.07) is 0. The van der Waals surface area contributed by atoms with Crippen molar-refractivity contribution in [1.29, 1.82) is 0 Å². The zero-order chi connectivity index (χ0) is 23.5. The van der Waals surface area contributed by atoms with Crippen LogP contribution in [0.3, 0.4) is 0 Å². The van der Waals surface area contributed by atoms with E-state index < -0.39 is 12.2 Å². The molecule has 180 valence electrons. The van der Waals surface area contributed by atoms with Crippen molar-refractivity contribution in [3.8, 4) is 0 Å². The summed E-state index contributed by atoms with van der Waals surface area (Å²) in [7, 11) is 0. The Kier molecular flexibility index (Phi) is 8.93. The summed E-state index contributed by atoms with van der Waals surface area (Å²) in [5.41, 5.74) is 5.00. The minimum absolute atomic E-state index is 0.192. The van der Waals surface area contributed by atoms with Gasteiger partial charge < -0.3 is 15.3 Å². The van der Waals surface area contributed by atoms with Crippen LogP contribution in [0.5, 0.6) is 0 Å². The molecule has 32 heavy (non-hydrogen) atoms. The second-order valence-corrected chi connectivity index (χ2v) is 11.8. The molecule has 3 rings (SSSR count). The molecule has 0 radical (unpaired) electrons. The minimum atomic E-state index is -0.631. The average Bonchev–Trinajstić information content (AvgIpc) is 3.12. The lowest BCUT2D eigenvalue weighted by molar-refractivity contribution is 0.0862. The predicted molar refractivity (Wildman–Crippen MR) is 137 cm³/mol. The fourth-order valence-corrected chi connectivity index (χ4v) is 7.55. The number of allylic oxidation sites excluding steroid dienone is 4. The monoisotopic (exact) mass is 460 g/mol. The van der Waals surface area contributed by atoms with Gasteiger partial charge in [0.1, 0.15) is 0 Å². The fraction of sp³-hybridized carbons (Fsp3) is 0.714. The average molecular weight is 461 g/mol. The number of hydrogen-bond acceptors (Lipinski definition) is 4. The highest BCUT2D eigenvalue weighted by molar-refractivity contribution is 8.00. The van der Waals surface area contributed by atoms with E-state index in [1.807, 2.05) is 11.8 Å². The maximum Gasteiger partial charge on any atom is 0.0811 e. The summed E-state index contributed by atoms with van der Waals surface area (Å²) in [4.78, 5) is 0. The minimum Gasteiger partial charge on any atom is -0.393 e. The van der Waals surface area contributed by atoms with Gasteiger partial charge in [0.15, 0.2) is 0 Å². The van der Waals surface area contributed by atoms with Crippen LogP contribution in [0.15, 0.2) is 47.1 Å². The van der Waals surface area contributed by atoms with Gasteiger partial charge in [0.2, 0.25) is 0 Å². The van der Waals surface area contributed by atoms with E-state index in [1.54, 1.807) is 5.57 Å². The fourth-order valence-electron chi connectivity index (χ4n) is 6.25. The molecule has 3 aliphatic carbocycles. The lowest BCUT2D eigenvalue weighted by atomic mass is 9.64. The summed E-state index contributed by atoms with van der Waals surface area (Å²) in [5.74, 6) is 1.74. The number of aliphatic hydroxyl groups is 3. The van der Waals surface area contributed by atoms with Crippen molar-refractivity contribution >= 4 is 11.8 Å². The second kappa shape index (κ2) is 11.1. The molecule has 0 saturated heterocycles. The summed E-state index contributed by atoms with van der Waals surface area (Å²) >= 11 is 1.92. The van der Waals surface area contributed by atoms with Crippen molar-refractivity contribution in [1.82, 2.24) is 0 Å². The van der Waals surface area contributed by atoms with E-state index in [9.17, 15) is 15.3 Å². The van der Waals surface area contributed by atoms with E-state index in [0.29, 0.717) is 29.9 Å². The quantitative estimate of drug-likeness (QED) is 0.391. The van der Waals surface area contributed by atoms with Crippen molar-refractivity contribution in [2.45, 2.75) is 103 Å². The van der Waals surface area contributed by atoms with Gasteiger partial charge in [0.25, 0.3) is 0 Å². The van der Waals surface area contributed by atoms with E-state index in [2.05, 4.69) is 52.5 Å². The Morgan fingerprint density at radius 3 is 2.66 bits per heavy atom. The largest absolute Gasteiger partial charge is 0.393 e. The van der Waals surface area contributed by atoms with Gasteiger partial charge in [-0.2, -0.15) is 11.8 Å². The molecule has 0 aromatic rings. The molecule has 0 heterocycles. The number of hydrogen-bond donors (Lipinski definition) is 3. The summed E-state index contributed by atoms with van der Waals surface area (Å²) in [6.45, 7) is 13.2. The zero-order valence-corrected chi connectivity index (χ0v) is 21.3. The van der Waals surface area contributed by atoms with Crippen molar-refractivity contribution < 1.29 is 15.3 Å². The van der Waals surface area contributed by atoms with E-state index in [4.69, 9.17) is 0 Å². The maximum absolute atomic E-state index is 10.6.